The Balaban J connectivity index is 2.82. The van der Waals surface area contributed by atoms with Crippen LogP contribution in [0.3, 0.4) is 0 Å². The molecule has 1 amide bonds. The zero-order valence-electron chi connectivity index (χ0n) is 11.9. The Bertz CT molecular complexity index is 628. The molecule has 21 heavy (non-hydrogen) atoms. The molecule has 0 fully saturated rings. The van der Waals surface area contributed by atoms with Gasteiger partial charge >= 0.3 is 0 Å². The van der Waals surface area contributed by atoms with Crippen molar-refractivity contribution < 1.29 is 17.9 Å². The van der Waals surface area contributed by atoms with Gasteiger partial charge in [0.15, 0.2) is 9.84 Å². The first kappa shape index (κ1) is 17.7. The van der Waals surface area contributed by atoms with E-state index in [9.17, 15) is 13.2 Å². The average molecular weight is 332 g/mol. The van der Waals surface area contributed by atoms with Crippen LogP contribution in [0.5, 0.6) is 0 Å². The van der Waals surface area contributed by atoms with E-state index in [2.05, 4.69) is 11.9 Å². The van der Waals surface area contributed by atoms with Gasteiger partial charge in [0, 0.05) is 6.26 Å². The molecule has 0 saturated carbocycles. The van der Waals surface area contributed by atoms with Crippen molar-refractivity contribution in [3.05, 3.63) is 35.9 Å². The summed E-state index contributed by atoms with van der Waals surface area (Å²) in [5, 5.41) is 2.82. The van der Waals surface area contributed by atoms with Crippen LogP contribution in [0.2, 0.25) is 5.02 Å². The molecule has 1 rings (SSSR count). The predicted octanol–water partition coefficient (Wildman–Crippen LogP) is 2.66. The number of halogens is 1. The number of ether oxygens (including phenoxy) is 1. The summed E-state index contributed by atoms with van der Waals surface area (Å²) in [6.45, 7) is 5.55. The molecular weight excluding hydrogens is 314 g/mol. The molecule has 116 valence electrons. The van der Waals surface area contributed by atoms with Gasteiger partial charge in [-0.25, -0.2) is 8.42 Å². The van der Waals surface area contributed by atoms with Crippen LogP contribution >= 0.6 is 11.6 Å². The van der Waals surface area contributed by atoms with Crippen LogP contribution in [-0.4, -0.2) is 33.3 Å². The Labute approximate surface area is 129 Å². The summed E-state index contributed by atoms with van der Waals surface area (Å²) in [5.74, 6) is -0.397. The van der Waals surface area contributed by atoms with E-state index in [4.69, 9.17) is 16.3 Å². The van der Waals surface area contributed by atoms with Crippen LogP contribution in [0.25, 0.3) is 0 Å². The lowest BCUT2D eigenvalue weighted by atomic mass is 10.3. The summed E-state index contributed by atoms with van der Waals surface area (Å²) in [6, 6.07) is 4.14. The van der Waals surface area contributed by atoms with Gasteiger partial charge in [-0.2, -0.15) is 0 Å². The van der Waals surface area contributed by atoms with Crippen molar-refractivity contribution in [2.75, 3.05) is 18.2 Å². The lowest BCUT2D eigenvalue weighted by Gasteiger charge is -2.14. The average Bonchev–Trinajstić information content (AvgIpc) is 2.40. The second-order valence-corrected chi connectivity index (χ2v) is 6.92. The molecule has 0 saturated heterocycles. The summed E-state index contributed by atoms with van der Waals surface area (Å²) in [4.78, 5) is 12.0. The van der Waals surface area contributed by atoms with E-state index < -0.39 is 21.8 Å². The number of carbonyl (C=O) groups excluding carboxylic acids is 1. The highest BCUT2D eigenvalue weighted by Crippen LogP contribution is 2.25. The smallest absolute Gasteiger partial charge is 0.253 e. The van der Waals surface area contributed by atoms with Gasteiger partial charge < -0.3 is 10.1 Å². The first-order chi connectivity index (χ1) is 9.75. The van der Waals surface area contributed by atoms with E-state index in [0.717, 1.165) is 6.26 Å². The Hall–Kier alpha value is -1.37. The fraction of sp³-hybridized carbons (Fsp3) is 0.357. The van der Waals surface area contributed by atoms with E-state index in [1.165, 1.54) is 18.2 Å². The van der Waals surface area contributed by atoms with Crippen LogP contribution < -0.4 is 5.32 Å². The van der Waals surface area contributed by atoms with Crippen molar-refractivity contribution >= 4 is 33.0 Å². The molecule has 0 aliphatic carbocycles. The quantitative estimate of drug-likeness (QED) is 0.616. The number of hydrogen-bond acceptors (Lipinski definition) is 4. The molecule has 1 aromatic rings. The first-order valence-corrected chi connectivity index (χ1v) is 8.55. The van der Waals surface area contributed by atoms with Crippen molar-refractivity contribution in [3.63, 3.8) is 0 Å². The number of benzene rings is 1. The number of carbonyl (C=O) groups is 1. The Kier molecular flexibility index (Phi) is 6.39. The van der Waals surface area contributed by atoms with Crippen molar-refractivity contribution in [3.8, 4) is 0 Å². The maximum Gasteiger partial charge on any atom is 0.253 e. The number of hydrogen-bond donors (Lipinski definition) is 1. The number of nitrogens with one attached hydrogen (secondary N) is 1. The van der Waals surface area contributed by atoms with Gasteiger partial charge in [-0.3, -0.25) is 4.79 Å². The summed E-state index contributed by atoms with van der Waals surface area (Å²) in [6.07, 6.45) is 2.74. The van der Waals surface area contributed by atoms with E-state index in [1.54, 1.807) is 13.0 Å². The van der Waals surface area contributed by atoms with Crippen LogP contribution in [-0.2, 0) is 19.4 Å². The van der Waals surface area contributed by atoms with Gasteiger partial charge in [-0.05, 0) is 31.5 Å². The third-order valence-electron chi connectivity index (χ3n) is 2.68. The van der Waals surface area contributed by atoms with Crippen molar-refractivity contribution in [2.24, 2.45) is 0 Å². The standard InChI is InChI=1S/C14H18ClNO4S/c1-4-5-8-20-10(2)14(17)16-13-9-11(21(3,18)19)6-7-12(13)15/h4,6-7,9-10H,1,5,8H2,2-3H3,(H,16,17). The minimum Gasteiger partial charge on any atom is -0.368 e. The van der Waals surface area contributed by atoms with Crippen molar-refractivity contribution in [1.29, 1.82) is 0 Å². The lowest BCUT2D eigenvalue weighted by molar-refractivity contribution is -0.126. The van der Waals surface area contributed by atoms with Crippen LogP contribution in [0.4, 0.5) is 5.69 Å². The predicted molar refractivity (Wildman–Crippen MR) is 83.4 cm³/mol. The topological polar surface area (TPSA) is 72.5 Å². The number of sulfone groups is 1. The fourth-order valence-corrected chi connectivity index (χ4v) is 2.28. The van der Waals surface area contributed by atoms with Gasteiger partial charge in [0.25, 0.3) is 5.91 Å². The molecule has 0 aromatic heterocycles. The highest BCUT2D eigenvalue weighted by Gasteiger charge is 2.16. The molecule has 1 atom stereocenters. The molecule has 5 nitrogen and oxygen atoms in total. The maximum atomic E-state index is 11.9. The second kappa shape index (κ2) is 7.59. The van der Waals surface area contributed by atoms with E-state index in [0.29, 0.717) is 13.0 Å². The molecule has 0 aliphatic rings. The highest BCUT2D eigenvalue weighted by atomic mass is 35.5. The van der Waals surface area contributed by atoms with Gasteiger partial charge in [0.1, 0.15) is 6.10 Å². The molecule has 0 heterocycles. The molecule has 0 radical (unpaired) electrons. The Morgan fingerprint density at radius 2 is 2.19 bits per heavy atom. The zero-order chi connectivity index (χ0) is 16.0. The molecule has 0 bridgehead atoms. The summed E-state index contributed by atoms with van der Waals surface area (Å²) >= 11 is 5.96. The van der Waals surface area contributed by atoms with E-state index in [1.807, 2.05) is 0 Å². The lowest BCUT2D eigenvalue weighted by Crippen LogP contribution is -2.28. The molecule has 1 unspecified atom stereocenters. The second-order valence-electron chi connectivity index (χ2n) is 4.49. The van der Waals surface area contributed by atoms with Gasteiger partial charge in [-0.15, -0.1) is 6.58 Å². The monoisotopic (exact) mass is 331 g/mol. The minimum absolute atomic E-state index is 0.0856. The van der Waals surface area contributed by atoms with Gasteiger partial charge in [0.05, 0.1) is 22.2 Å². The van der Waals surface area contributed by atoms with Gasteiger partial charge in [0.2, 0.25) is 0 Å². The molecule has 7 heteroatoms. The van der Waals surface area contributed by atoms with Crippen LogP contribution in [0, 0.1) is 0 Å². The molecular formula is C14H18ClNO4S. The first-order valence-electron chi connectivity index (χ1n) is 6.28. The summed E-state index contributed by atoms with van der Waals surface area (Å²) < 4.78 is 28.3. The summed E-state index contributed by atoms with van der Waals surface area (Å²) in [5.41, 5.74) is 0.240. The molecule has 1 aromatic carbocycles. The van der Waals surface area contributed by atoms with Gasteiger partial charge in [-0.1, -0.05) is 17.7 Å². The maximum absolute atomic E-state index is 11.9. The third kappa shape index (κ3) is 5.49. The summed E-state index contributed by atoms with van der Waals surface area (Å²) in [7, 11) is -3.37. The van der Waals surface area contributed by atoms with Crippen molar-refractivity contribution in [2.45, 2.75) is 24.3 Å². The minimum atomic E-state index is -3.37. The normalized spacial score (nSPS) is 12.7. The largest absolute Gasteiger partial charge is 0.368 e. The number of amides is 1. The van der Waals surface area contributed by atoms with Crippen LogP contribution in [0.1, 0.15) is 13.3 Å². The van der Waals surface area contributed by atoms with Crippen LogP contribution in [0.15, 0.2) is 35.7 Å². The van der Waals surface area contributed by atoms with E-state index >= 15 is 0 Å². The molecule has 0 aliphatic heterocycles. The molecule has 0 spiro atoms. The number of anilines is 1. The Morgan fingerprint density at radius 1 is 1.52 bits per heavy atom. The SMILES string of the molecule is C=CCCOC(C)C(=O)Nc1cc(S(C)(=O)=O)ccc1Cl. The highest BCUT2D eigenvalue weighted by molar-refractivity contribution is 7.90. The van der Waals surface area contributed by atoms with E-state index in [-0.39, 0.29) is 15.6 Å². The Morgan fingerprint density at radius 3 is 2.76 bits per heavy atom. The fourth-order valence-electron chi connectivity index (χ4n) is 1.47. The number of rotatable bonds is 7. The zero-order valence-corrected chi connectivity index (χ0v) is 13.5. The molecule has 1 N–H and O–H groups in total. The third-order valence-corrected chi connectivity index (χ3v) is 4.12. The van der Waals surface area contributed by atoms with Crippen molar-refractivity contribution in [1.82, 2.24) is 0 Å².